The van der Waals surface area contributed by atoms with Crippen LogP contribution in [0.2, 0.25) is 0 Å². The molecule has 1 aliphatic heterocycles. The van der Waals surface area contributed by atoms with E-state index in [0.717, 1.165) is 0 Å². The van der Waals surface area contributed by atoms with Crippen LogP contribution in [0.25, 0.3) is 0 Å². The second-order valence-corrected chi connectivity index (χ2v) is 4.69. The number of carbonyl (C=O) groups is 2. The average Bonchev–Trinajstić information content (AvgIpc) is 2.53. The van der Waals surface area contributed by atoms with Crippen LogP contribution in [-0.4, -0.2) is 18.8 Å². The molecule has 1 aliphatic rings. The number of ketones is 1. The summed E-state index contributed by atoms with van der Waals surface area (Å²) >= 11 is 0. The van der Waals surface area contributed by atoms with Gasteiger partial charge in [0.15, 0.2) is 0 Å². The third-order valence-electron chi connectivity index (χ3n) is 3.47. The molecule has 5 heteroatoms. The van der Waals surface area contributed by atoms with Gasteiger partial charge in [-0.3, -0.25) is 14.5 Å². The van der Waals surface area contributed by atoms with Crippen LogP contribution in [0.5, 0.6) is 5.75 Å². The normalized spacial score (nSPS) is 17.6. The van der Waals surface area contributed by atoms with Crippen molar-refractivity contribution in [3.05, 3.63) is 59.9 Å². The molecular weight excluding hydrogens is 273 g/mol. The van der Waals surface area contributed by atoms with E-state index >= 15 is 0 Å². The molecule has 2 aromatic carbocycles. The van der Waals surface area contributed by atoms with Crippen LogP contribution in [0.3, 0.4) is 0 Å². The van der Waals surface area contributed by atoms with Crippen LogP contribution >= 0.6 is 0 Å². The Kier molecular flexibility index (Phi) is 3.17. The Morgan fingerprint density at radius 1 is 1.00 bits per heavy atom. The number of halogens is 1. The summed E-state index contributed by atoms with van der Waals surface area (Å²) in [5, 5.41) is 0. The Balaban J connectivity index is 1.94. The zero-order chi connectivity index (χ0) is 15.0. The monoisotopic (exact) mass is 285 g/mol. The first-order valence-corrected chi connectivity index (χ1v) is 6.39. The summed E-state index contributed by atoms with van der Waals surface area (Å²) in [4.78, 5) is 25.0. The number of ether oxygens (including phenoxy) is 1. The van der Waals surface area contributed by atoms with Crippen molar-refractivity contribution in [1.82, 2.24) is 0 Å². The van der Waals surface area contributed by atoms with Crippen molar-refractivity contribution in [3.63, 3.8) is 0 Å². The van der Waals surface area contributed by atoms with Gasteiger partial charge in [0, 0.05) is 5.69 Å². The van der Waals surface area contributed by atoms with E-state index < -0.39 is 17.7 Å². The van der Waals surface area contributed by atoms with Gasteiger partial charge < -0.3 is 4.74 Å². The minimum absolute atomic E-state index is 0.390. The molecule has 0 N–H and O–H groups in total. The number of hydrogen-bond acceptors (Lipinski definition) is 3. The van der Waals surface area contributed by atoms with Gasteiger partial charge in [-0.05, 0) is 42.0 Å². The van der Waals surface area contributed by atoms with Crippen LogP contribution < -0.4 is 9.64 Å². The lowest BCUT2D eigenvalue weighted by molar-refractivity contribution is -0.143. The van der Waals surface area contributed by atoms with E-state index in [9.17, 15) is 14.0 Å². The number of Topliss-reactive ketones (excluding diaryl/α,β-unsaturated/α-hetero) is 1. The molecule has 1 fully saturated rings. The molecule has 0 spiro atoms. The SMILES string of the molecule is COc1ccc(C2C(=O)C(=O)N2c2ccc(F)cc2)cc1. The highest BCUT2D eigenvalue weighted by Crippen LogP contribution is 2.36. The maximum Gasteiger partial charge on any atom is 0.297 e. The first kappa shape index (κ1) is 13.3. The Labute approximate surface area is 120 Å². The van der Waals surface area contributed by atoms with E-state index in [2.05, 4.69) is 0 Å². The summed E-state index contributed by atoms with van der Waals surface area (Å²) in [6, 6.07) is 11.8. The molecule has 1 atom stereocenters. The van der Waals surface area contributed by atoms with Crippen molar-refractivity contribution in [2.24, 2.45) is 0 Å². The molecule has 21 heavy (non-hydrogen) atoms. The fraction of sp³-hybridized carbons (Fsp3) is 0.125. The molecular formula is C16H12FNO3. The number of hydrogen-bond donors (Lipinski definition) is 0. The lowest BCUT2D eigenvalue weighted by Gasteiger charge is -2.38. The second-order valence-electron chi connectivity index (χ2n) is 4.69. The molecule has 1 unspecified atom stereocenters. The highest BCUT2D eigenvalue weighted by Gasteiger charge is 2.47. The fourth-order valence-electron chi connectivity index (χ4n) is 2.36. The Morgan fingerprint density at radius 2 is 1.62 bits per heavy atom. The number of β-lactam (4-membered cyclic amide) rings is 1. The molecule has 0 aromatic heterocycles. The molecule has 1 heterocycles. The molecule has 4 nitrogen and oxygen atoms in total. The predicted molar refractivity (Wildman–Crippen MR) is 74.6 cm³/mol. The highest BCUT2D eigenvalue weighted by molar-refractivity contribution is 6.51. The fourth-order valence-corrected chi connectivity index (χ4v) is 2.36. The predicted octanol–water partition coefficient (Wildman–Crippen LogP) is 2.49. The molecule has 3 rings (SSSR count). The van der Waals surface area contributed by atoms with Gasteiger partial charge in [0.05, 0.1) is 7.11 Å². The number of methoxy groups -OCH3 is 1. The molecule has 0 aliphatic carbocycles. The molecule has 0 bridgehead atoms. The van der Waals surface area contributed by atoms with Gasteiger partial charge in [0.25, 0.3) is 5.91 Å². The van der Waals surface area contributed by atoms with Crippen molar-refractivity contribution in [2.75, 3.05) is 12.0 Å². The third-order valence-corrected chi connectivity index (χ3v) is 3.47. The number of anilines is 1. The minimum atomic E-state index is -0.658. The molecule has 106 valence electrons. The van der Waals surface area contributed by atoms with Crippen molar-refractivity contribution in [3.8, 4) is 5.75 Å². The Morgan fingerprint density at radius 3 is 2.19 bits per heavy atom. The van der Waals surface area contributed by atoms with E-state index in [1.165, 1.54) is 29.2 Å². The number of nitrogens with zero attached hydrogens (tertiary/aromatic N) is 1. The van der Waals surface area contributed by atoms with Crippen LogP contribution in [-0.2, 0) is 9.59 Å². The molecule has 0 radical (unpaired) electrons. The molecule has 1 saturated heterocycles. The van der Waals surface area contributed by atoms with Crippen LogP contribution in [0.4, 0.5) is 10.1 Å². The maximum absolute atomic E-state index is 13.0. The largest absolute Gasteiger partial charge is 0.497 e. The van der Waals surface area contributed by atoms with E-state index in [-0.39, 0.29) is 5.82 Å². The summed E-state index contributed by atoms with van der Waals surface area (Å²) in [6.07, 6.45) is 0. The van der Waals surface area contributed by atoms with Gasteiger partial charge >= 0.3 is 0 Å². The third kappa shape index (κ3) is 2.16. The zero-order valence-electron chi connectivity index (χ0n) is 11.2. The number of rotatable bonds is 3. The van der Waals surface area contributed by atoms with Gasteiger partial charge in [-0.25, -0.2) is 4.39 Å². The van der Waals surface area contributed by atoms with Crippen molar-refractivity contribution in [1.29, 1.82) is 0 Å². The first-order valence-electron chi connectivity index (χ1n) is 6.39. The Bertz CT molecular complexity index is 694. The highest BCUT2D eigenvalue weighted by atomic mass is 19.1. The molecule has 2 aromatic rings. The number of amides is 1. The van der Waals surface area contributed by atoms with Gasteiger partial charge in [0.2, 0.25) is 5.78 Å². The quantitative estimate of drug-likeness (QED) is 0.643. The number of benzene rings is 2. The second kappa shape index (κ2) is 5.01. The minimum Gasteiger partial charge on any atom is -0.497 e. The first-order chi connectivity index (χ1) is 10.1. The maximum atomic E-state index is 13.0. The molecule has 0 saturated carbocycles. The summed E-state index contributed by atoms with van der Waals surface area (Å²) in [6.45, 7) is 0. The van der Waals surface area contributed by atoms with Gasteiger partial charge in [-0.2, -0.15) is 0 Å². The summed E-state index contributed by atoms with van der Waals surface area (Å²) in [7, 11) is 1.55. The van der Waals surface area contributed by atoms with Gasteiger partial charge in [-0.15, -0.1) is 0 Å². The lowest BCUT2D eigenvalue weighted by atomic mass is 9.91. The van der Waals surface area contributed by atoms with E-state index in [0.29, 0.717) is 17.0 Å². The van der Waals surface area contributed by atoms with Crippen molar-refractivity contribution < 1.29 is 18.7 Å². The standard InChI is InChI=1S/C16H12FNO3/c1-21-13-8-2-10(3-9-13)14-15(19)16(20)18(14)12-6-4-11(17)5-7-12/h2-9,14H,1H3. The number of carbonyl (C=O) groups excluding carboxylic acids is 2. The Hall–Kier alpha value is -2.69. The van der Waals surface area contributed by atoms with E-state index in [1.807, 2.05) is 0 Å². The van der Waals surface area contributed by atoms with Gasteiger partial charge in [0.1, 0.15) is 17.6 Å². The summed E-state index contributed by atoms with van der Waals surface area (Å²) < 4.78 is 18.0. The van der Waals surface area contributed by atoms with Gasteiger partial charge in [-0.1, -0.05) is 12.1 Å². The van der Waals surface area contributed by atoms with Crippen LogP contribution in [0.1, 0.15) is 11.6 Å². The summed E-state index contributed by atoms with van der Waals surface area (Å²) in [5.74, 6) is -0.767. The van der Waals surface area contributed by atoms with Crippen LogP contribution in [0, 0.1) is 5.82 Å². The molecule has 1 amide bonds. The smallest absolute Gasteiger partial charge is 0.297 e. The average molecular weight is 285 g/mol. The van der Waals surface area contributed by atoms with E-state index in [1.54, 1.807) is 31.4 Å². The van der Waals surface area contributed by atoms with E-state index in [4.69, 9.17) is 4.74 Å². The van der Waals surface area contributed by atoms with Crippen molar-refractivity contribution in [2.45, 2.75) is 6.04 Å². The zero-order valence-corrected chi connectivity index (χ0v) is 11.2. The van der Waals surface area contributed by atoms with Crippen molar-refractivity contribution >= 4 is 17.4 Å². The lowest BCUT2D eigenvalue weighted by Crippen LogP contribution is -2.56. The topological polar surface area (TPSA) is 46.6 Å². The van der Waals surface area contributed by atoms with Crippen LogP contribution in [0.15, 0.2) is 48.5 Å². The summed E-state index contributed by atoms with van der Waals surface area (Å²) in [5.41, 5.74) is 1.20.